The second-order valence-electron chi connectivity index (χ2n) is 5.30. The molecule has 0 aliphatic carbocycles. The molecule has 19 heavy (non-hydrogen) atoms. The van der Waals surface area contributed by atoms with Crippen molar-refractivity contribution < 1.29 is 14.3 Å². The van der Waals surface area contributed by atoms with Gasteiger partial charge in [0.1, 0.15) is 23.5 Å². The van der Waals surface area contributed by atoms with Gasteiger partial charge in [-0.05, 0) is 26.0 Å². The molecular formula is C13H14FN3O2. The van der Waals surface area contributed by atoms with Crippen molar-refractivity contribution in [1.29, 1.82) is 0 Å². The molecule has 1 aromatic carbocycles. The standard InChI is InChI=1S/C13H14FN3O2/c1-13(2,19)12-15-10-7(14)4-5-8-11(10)17(12)6-9(18)16(8)3/h4-5,19H,6H2,1-3H3. The van der Waals surface area contributed by atoms with Gasteiger partial charge in [-0.25, -0.2) is 9.37 Å². The molecule has 1 N–H and O–H groups in total. The normalized spacial score (nSPS) is 15.4. The van der Waals surface area contributed by atoms with E-state index in [1.54, 1.807) is 31.5 Å². The van der Waals surface area contributed by atoms with E-state index in [2.05, 4.69) is 4.98 Å². The van der Waals surface area contributed by atoms with E-state index in [0.29, 0.717) is 17.0 Å². The molecule has 100 valence electrons. The number of carbonyl (C=O) groups excluding carboxylic acids is 1. The van der Waals surface area contributed by atoms with E-state index in [1.165, 1.54) is 11.0 Å². The molecule has 0 bridgehead atoms. The van der Waals surface area contributed by atoms with E-state index in [-0.39, 0.29) is 18.0 Å². The van der Waals surface area contributed by atoms with Gasteiger partial charge in [0.25, 0.3) is 0 Å². The van der Waals surface area contributed by atoms with Crippen molar-refractivity contribution in [3.05, 3.63) is 23.8 Å². The smallest absolute Gasteiger partial charge is 0.246 e. The molecule has 3 rings (SSSR count). The second-order valence-corrected chi connectivity index (χ2v) is 5.30. The fourth-order valence-electron chi connectivity index (χ4n) is 2.46. The third kappa shape index (κ3) is 1.56. The van der Waals surface area contributed by atoms with Gasteiger partial charge < -0.3 is 14.6 Å². The van der Waals surface area contributed by atoms with Crippen LogP contribution in [-0.4, -0.2) is 27.6 Å². The van der Waals surface area contributed by atoms with Crippen LogP contribution in [0, 0.1) is 5.82 Å². The molecule has 0 saturated heterocycles. The van der Waals surface area contributed by atoms with Gasteiger partial charge in [0.05, 0.1) is 11.2 Å². The number of aromatic nitrogens is 2. The van der Waals surface area contributed by atoms with Crippen LogP contribution in [0.3, 0.4) is 0 Å². The third-order valence-corrected chi connectivity index (χ3v) is 3.40. The Morgan fingerprint density at radius 3 is 2.74 bits per heavy atom. The molecular weight excluding hydrogens is 249 g/mol. The Labute approximate surface area is 109 Å². The fourth-order valence-corrected chi connectivity index (χ4v) is 2.46. The minimum absolute atomic E-state index is 0.0583. The van der Waals surface area contributed by atoms with E-state index in [1.807, 2.05) is 0 Å². The number of hydrogen-bond donors (Lipinski definition) is 1. The lowest BCUT2D eigenvalue weighted by Crippen LogP contribution is -2.36. The maximum atomic E-state index is 13.9. The van der Waals surface area contributed by atoms with Crippen LogP contribution in [0.5, 0.6) is 0 Å². The molecule has 0 saturated carbocycles. The highest BCUT2D eigenvalue weighted by Gasteiger charge is 2.32. The Hall–Kier alpha value is -1.95. The molecule has 0 unspecified atom stereocenters. The molecule has 0 atom stereocenters. The molecule has 1 aliphatic rings. The zero-order valence-corrected chi connectivity index (χ0v) is 10.9. The molecule has 1 aromatic heterocycles. The van der Waals surface area contributed by atoms with E-state index in [9.17, 15) is 14.3 Å². The minimum atomic E-state index is -1.24. The number of rotatable bonds is 1. The molecule has 2 aromatic rings. The third-order valence-electron chi connectivity index (χ3n) is 3.40. The number of amides is 1. The first kappa shape index (κ1) is 12.1. The van der Waals surface area contributed by atoms with E-state index < -0.39 is 11.4 Å². The SMILES string of the molecule is CN1C(=O)Cn2c(C(C)(C)O)nc3c(F)ccc1c32. The predicted octanol–water partition coefficient (Wildman–Crippen LogP) is 1.38. The molecule has 0 radical (unpaired) electrons. The lowest BCUT2D eigenvalue weighted by molar-refractivity contribution is -0.119. The number of nitrogens with zero attached hydrogens (tertiary/aromatic N) is 3. The summed E-state index contributed by atoms with van der Waals surface area (Å²) >= 11 is 0. The van der Waals surface area contributed by atoms with Crippen LogP contribution in [-0.2, 0) is 16.9 Å². The van der Waals surface area contributed by atoms with Crippen LogP contribution in [0.15, 0.2) is 12.1 Å². The maximum Gasteiger partial charge on any atom is 0.246 e. The van der Waals surface area contributed by atoms with Gasteiger partial charge in [-0.1, -0.05) is 0 Å². The number of likely N-dealkylation sites (N-methyl/N-ethyl adjacent to an activating group) is 1. The Morgan fingerprint density at radius 2 is 2.11 bits per heavy atom. The number of anilines is 1. The lowest BCUT2D eigenvalue weighted by Gasteiger charge is -2.27. The highest BCUT2D eigenvalue weighted by Crippen LogP contribution is 2.35. The Balaban J connectivity index is 2.45. The molecule has 5 nitrogen and oxygen atoms in total. The van der Waals surface area contributed by atoms with Crippen molar-refractivity contribution in [2.75, 3.05) is 11.9 Å². The van der Waals surface area contributed by atoms with Crippen LogP contribution >= 0.6 is 0 Å². The summed E-state index contributed by atoms with van der Waals surface area (Å²) < 4.78 is 15.5. The summed E-state index contributed by atoms with van der Waals surface area (Å²) in [4.78, 5) is 17.6. The summed E-state index contributed by atoms with van der Waals surface area (Å²) in [6.45, 7) is 3.19. The van der Waals surface area contributed by atoms with Crippen LogP contribution in [0.1, 0.15) is 19.7 Å². The van der Waals surface area contributed by atoms with Crippen LogP contribution < -0.4 is 4.90 Å². The number of carbonyl (C=O) groups is 1. The summed E-state index contributed by atoms with van der Waals surface area (Å²) in [5.41, 5.74) is 0.114. The zero-order chi connectivity index (χ0) is 13.9. The van der Waals surface area contributed by atoms with Crippen LogP contribution in [0.2, 0.25) is 0 Å². The minimum Gasteiger partial charge on any atom is -0.383 e. The Kier molecular flexibility index (Phi) is 2.25. The Bertz CT molecular complexity index is 700. The summed E-state index contributed by atoms with van der Waals surface area (Å²) in [5.74, 6) is -0.273. The molecule has 1 aliphatic heterocycles. The largest absolute Gasteiger partial charge is 0.383 e. The molecule has 6 heteroatoms. The highest BCUT2D eigenvalue weighted by molar-refractivity contribution is 6.05. The summed E-state index contributed by atoms with van der Waals surface area (Å²) in [5, 5.41) is 10.1. The van der Waals surface area contributed by atoms with Crippen molar-refractivity contribution in [2.24, 2.45) is 0 Å². The topological polar surface area (TPSA) is 58.4 Å². The zero-order valence-electron chi connectivity index (χ0n) is 10.9. The second kappa shape index (κ2) is 3.54. The summed E-state index contributed by atoms with van der Waals surface area (Å²) in [6, 6.07) is 2.85. The quantitative estimate of drug-likeness (QED) is 0.845. The van der Waals surface area contributed by atoms with Gasteiger partial charge in [-0.2, -0.15) is 0 Å². The highest BCUT2D eigenvalue weighted by atomic mass is 19.1. The van der Waals surface area contributed by atoms with Crippen molar-refractivity contribution in [3.8, 4) is 0 Å². The van der Waals surface area contributed by atoms with Crippen molar-refractivity contribution in [3.63, 3.8) is 0 Å². The first-order chi connectivity index (χ1) is 8.80. The average Bonchev–Trinajstić information content (AvgIpc) is 2.69. The van der Waals surface area contributed by atoms with E-state index >= 15 is 0 Å². The number of benzene rings is 1. The van der Waals surface area contributed by atoms with Gasteiger partial charge >= 0.3 is 0 Å². The lowest BCUT2D eigenvalue weighted by atomic mass is 10.1. The van der Waals surface area contributed by atoms with E-state index in [4.69, 9.17) is 0 Å². The first-order valence-corrected chi connectivity index (χ1v) is 5.99. The van der Waals surface area contributed by atoms with Crippen molar-refractivity contribution in [2.45, 2.75) is 26.0 Å². The van der Waals surface area contributed by atoms with Gasteiger partial charge in [-0.3, -0.25) is 4.79 Å². The Morgan fingerprint density at radius 1 is 1.42 bits per heavy atom. The fraction of sp³-hybridized carbons (Fsp3) is 0.385. The van der Waals surface area contributed by atoms with Crippen LogP contribution in [0.4, 0.5) is 10.1 Å². The molecule has 0 spiro atoms. The van der Waals surface area contributed by atoms with Gasteiger partial charge in [-0.15, -0.1) is 0 Å². The number of hydrogen-bond acceptors (Lipinski definition) is 3. The van der Waals surface area contributed by atoms with Crippen molar-refractivity contribution >= 4 is 22.6 Å². The summed E-state index contributed by atoms with van der Waals surface area (Å²) in [6.07, 6.45) is 0. The summed E-state index contributed by atoms with van der Waals surface area (Å²) in [7, 11) is 1.65. The van der Waals surface area contributed by atoms with Gasteiger partial charge in [0, 0.05) is 7.05 Å². The van der Waals surface area contributed by atoms with Gasteiger partial charge in [0.15, 0.2) is 5.82 Å². The number of halogens is 1. The van der Waals surface area contributed by atoms with Crippen LogP contribution in [0.25, 0.3) is 11.0 Å². The number of aliphatic hydroxyl groups is 1. The monoisotopic (exact) mass is 263 g/mol. The van der Waals surface area contributed by atoms with E-state index in [0.717, 1.165) is 0 Å². The number of imidazole rings is 1. The van der Waals surface area contributed by atoms with Crippen molar-refractivity contribution in [1.82, 2.24) is 9.55 Å². The average molecular weight is 263 g/mol. The first-order valence-electron chi connectivity index (χ1n) is 5.99. The molecule has 0 fully saturated rings. The predicted molar refractivity (Wildman–Crippen MR) is 68.3 cm³/mol. The molecule has 2 heterocycles. The maximum absolute atomic E-state index is 13.9. The molecule has 1 amide bonds. The van der Waals surface area contributed by atoms with Gasteiger partial charge in [0.2, 0.25) is 5.91 Å².